The van der Waals surface area contributed by atoms with E-state index in [1.54, 1.807) is 7.05 Å². The van der Waals surface area contributed by atoms with Crippen molar-refractivity contribution in [2.24, 2.45) is 17.6 Å². The van der Waals surface area contributed by atoms with Crippen molar-refractivity contribution in [3.8, 4) is 0 Å². The predicted octanol–water partition coefficient (Wildman–Crippen LogP) is -0.388. The summed E-state index contributed by atoms with van der Waals surface area (Å²) < 4.78 is 0. The molecule has 18 heavy (non-hydrogen) atoms. The van der Waals surface area contributed by atoms with Crippen LogP contribution in [0.3, 0.4) is 0 Å². The Bertz CT molecular complexity index is 358. The fraction of sp³-hybridized carbons (Fsp3) is 0.727. The number of primary amides is 1. The molecule has 0 bridgehead atoms. The van der Waals surface area contributed by atoms with Crippen molar-refractivity contribution in [1.29, 1.82) is 0 Å². The Morgan fingerprint density at radius 1 is 1.50 bits per heavy atom. The first-order chi connectivity index (χ1) is 8.31. The van der Waals surface area contributed by atoms with E-state index in [1.165, 1.54) is 4.90 Å². The van der Waals surface area contributed by atoms with E-state index in [4.69, 9.17) is 10.8 Å². The van der Waals surface area contributed by atoms with E-state index in [0.717, 1.165) is 6.42 Å². The minimum absolute atomic E-state index is 0.408. The molecule has 1 saturated carbocycles. The van der Waals surface area contributed by atoms with Gasteiger partial charge >= 0.3 is 12.0 Å². The summed E-state index contributed by atoms with van der Waals surface area (Å²) in [5.74, 6) is -0.933. The van der Waals surface area contributed by atoms with Crippen molar-refractivity contribution < 1.29 is 19.5 Å². The summed E-state index contributed by atoms with van der Waals surface area (Å²) in [6.45, 7) is 2.69. The Balaban J connectivity index is 2.44. The monoisotopic (exact) mass is 257 g/mol. The van der Waals surface area contributed by atoms with Gasteiger partial charge in [0.1, 0.15) is 6.04 Å². The van der Waals surface area contributed by atoms with Gasteiger partial charge in [-0.3, -0.25) is 4.79 Å². The van der Waals surface area contributed by atoms with E-state index in [2.05, 4.69) is 12.2 Å². The Kier molecular flexibility index (Phi) is 4.52. The van der Waals surface area contributed by atoms with Crippen LogP contribution in [0, 0.1) is 11.8 Å². The number of nitrogens with zero attached hydrogens (tertiary/aromatic N) is 1. The smallest absolute Gasteiger partial charge is 0.326 e. The molecule has 3 atom stereocenters. The molecule has 1 rings (SSSR count). The van der Waals surface area contributed by atoms with E-state index < -0.39 is 30.4 Å². The van der Waals surface area contributed by atoms with Crippen LogP contribution in [-0.4, -0.2) is 47.5 Å². The highest BCUT2D eigenvalue weighted by atomic mass is 16.4. The van der Waals surface area contributed by atoms with Crippen LogP contribution in [0.25, 0.3) is 0 Å². The maximum atomic E-state index is 11.7. The average Bonchev–Trinajstić information content (AvgIpc) is 2.92. The third-order valence-electron chi connectivity index (χ3n) is 3.13. The molecule has 7 nitrogen and oxygen atoms in total. The molecule has 0 aromatic heterocycles. The Morgan fingerprint density at radius 2 is 2.06 bits per heavy atom. The second kappa shape index (κ2) is 5.70. The Labute approximate surface area is 105 Å². The molecule has 0 radical (unpaired) electrons. The molecule has 7 heteroatoms. The number of urea groups is 1. The molecule has 102 valence electrons. The Hall–Kier alpha value is -1.79. The molecule has 1 aliphatic carbocycles. The fourth-order valence-corrected chi connectivity index (χ4v) is 1.75. The minimum Gasteiger partial charge on any atom is -0.480 e. The van der Waals surface area contributed by atoms with Gasteiger partial charge in [0.05, 0.1) is 6.42 Å². The fourth-order valence-electron chi connectivity index (χ4n) is 1.75. The van der Waals surface area contributed by atoms with Crippen LogP contribution < -0.4 is 11.1 Å². The van der Waals surface area contributed by atoms with Gasteiger partial charge in [0, 0.05) is 13.6 Å². The lowest BCUT2D eigenvalue weighted by Gasteiger charge is -2.20. The van der Waals surface area contributed by atoms with Gasteiger partial charge in [-0.2, -0.15) is 0 Å². The number of rotatable bonds is 6. The zero-order valence-electron chi connectivity index (χ0n) is 10.5. The van der Waals surface area contributed by atoms with Gasteiger partial charge in [-0.15, -0.1) is 0 Å². The molecular weight excluding hydrogens is 238 g/mol. The van der Waals surface area contributed by atoms with Gasteiger partial charge in [-0.1, -0.05) is 6.92 Å². The second-order valence-electron chi connectivity index (χ2n) is 4.86. The van der Waals surface area contributed by atoms with Crippen molar-refractivity contribution in [3.05, 3.63) is 0 Å². The first-order valence-corrected chi connectivity index (χ1v) is 5.84. The lowest BCUT2D eigenvalue weighted by Crippen LogP contribution is -2.48. The number of carboxylic acids is 1. The first-order valence-electron chi connectivity index (χ1n) is 5.84. The highest BCUT2D eigenvalue weighted by Crippen LogP contribution is 2.37. The van der Waals surface area contributed by atoms with Gasteiger partial charge in [-0.25, -0.2) is 9.59 Å². The minimum atomic E-state index is -1.27. The summed E-state index contributed by atoms with van der Waals surface area (Å²) in [6, 6.07) is -1.77. The van der Waals surface area contributed by atoms with E-state index in [9.17, 15) is 14.4 Å². The molecule has 3 amide bonds. The molecule has 3 unspecified atom stereocenters. The molecule has 0 heterocycles. The van der Waals surface area contributed by atoms with Crippen LogP contribution in [0.15, 0.2) is 0 Å². The predicted molar refractivity (Wildman–Crippen MR) is 63.7 cm³/mol. The highest BCUT2D eigenvalue weighted by molar-refractivity contribution is 5.87. The number of amides is 3. The number of nitrogens with two attached hydrogens (primary N) is 1. The summed E-state index contributed by atoms with van der Waals surface area (Å²) in [4.78, 5) is 34.7. The third-order valence-corrected chi connectivity index (χ3v) is 3.13. The molecule has 0 saturated heterocycles. The summed E-state index contributed by atoms with van der Waals surface area (Å²) >= 11 is 0. The van der Waals surface area contributed by atoms with Crippen molar-refractivity contribution in [2.45, 2.75) is 25.8 Å². The van der Waals surface area contributed by atoms with Gasteiger partial charge in [0.25, 0.3) is 0 Å². The zero-order valence-corrected chi connectivity index (χ0v) is 10.5. The van der Waals surface area contributed by atoms with E-state index in [1.807, 2.05) is 0 Å². The van der Waals surface area contributed by atoms with E-state index >= 15 is 0 Å². The van der Waals surface area contributed by atoms with Crippen molar-refractivity contribution in [1.82, 2.24) is 10.2 Å². The second-order valence-corrected chi connectivity index (χ2v) is 4.86. The van der Waals surface area contributed by atoms with E-state index in [-0.39, 0.29) is 0 Å². The van der Waals surface area contributed by atoms with Crippen LogP contribution in [0.1, 0.15) is 19.8 Å². The normalized spacial score (nSPS) is 23.0. The van der Waals surface area contributed by atoms with Crippen LogP contribution >= 0.6 is 0 Å². The largest absolute Gasteiger partial charge is 0.480 e. The number of hydrogen-bond acceptors (Lipinski definition) is 3. The van der Waals surface area contributed by atoms with Crippen LogP contribution in [-0.2, 0) is 9.59 Å². The van der Waals surface area contributed by atoms with Crippen LogP contribution in [0.5, 0.6) is 0 Å². The first kappa shape index (κ1) is 14.3. The molecule has 0 aromatic rings. The average molecular weight is 257 g/mol. The SMILES string of the molecule is CC1CC1CN(C)C(=O)NC(CC(N)=O)C(=O)O. The standard InChI is InChI=1S/C11H19N3O4/c1-6-3-7(6)5-14(2)11(18)13-8(10(16)17)4-9(12)15/h6-8H,3-5H2,1-2H3,(H2,12,15)(H,13,18)(H,16,17). The molecule has 1 fully saturated rings. The highest BCUT2D eigenvalue weighted by Gasteiger charge is 2.34. The zero-order chi connectivity index (χ0) is 13.9. The summed E-state index contributed by atoms with van der Waals surface area (Å²) in [5, 5.41) is 11.1. The van der Waals surface area contributed by atoms with Crippen molar-refractivity contribution >= 4 is 17.9 Å². The molecule has 0 spiro atoms. The molecule has 0 aromatic carbocycles. The number of carboxylic acid groups (broad SMARTS) is 1. The number of carbonyl (C=O) groups is 3. The lowest BCUT2D eigenvalue weighted by molar-refractivity contribution is -0.140. The van der Waals surface area contributed by atoms with Gasteiger partial charge < -0.3 is 21.1 Å². The van der Waals surface area contributed by atoms with Gasteiger partial charge in [0.15, 0.2) is 0 Å². The molecular formula is C11H19N3O4. The Morgan fingerprint density at radius 3 is 2.44 bits per heavy atom. The van der Waals surface area contributed by atoms with E-state index in [0.29, 0.717) is 18.4 Å². The summed E-state index contributed by atoms with van der Waals surface area (Å²) in [6.07, 6.45) is 0.677. The van der Waals surface area contributed by atoms with Crippen molar-refractivity contribution in [3.63, 3.8) is 0 Å². The van der Waals surface area contributed by atoms with Crippen molar-refractivity contribution in [2.75, 3.05) is 13.6 Å². The topological polar surface area (TPSA) is 113 Å². The number of aliphatic carboxylic acids is 1. The molecule has 0 aliphatic heterocycles. The van der Waals surface area contributed by atoms with Crippen LogP contribution in [0.4, 0.5) is 4.79 Å². The summed E-state index contributed by atoms with van der Waals surface area (Å²) in [7, 11) is 1.60. The maximum Gasteiger partial charge on any atom is 0.326 e. The molecule has 1 aliphatic rings. The molecule has 4 N–H and O–H groups in total. The van der Waals surface area contributed by atoms with Gasteiger partial charge in [0.2, 0.25) is 5.91 Å². The van der Waals surface area contributed by atoms with Gasteiger partial charge in [-0.05, 0) is 18.3 Å². The number of nitrogens with one attached hydrogen (secondary N) is 1. The maximum absolute atomic E-state index is 11.7. The quantitative estimate of drug-likeness (QED) is 0.601. The number of hydrogen-bond donors (Lipinski definition) is 3. The third kappa shape index (κ3) is 4.23. The lowest BCUT2D eigenvalue weighted by atomic mass is 10.2. The van der Waals surface area contributed by atoms with Crippen LogP contribution in [0.2, 0.25) is 0 Å². The number of carbonyl (C=O) groups excluding carboxylic acids is 2. The summed E-state index contributed by atoms with van der Waals surface area (Å²) in [5.41, 5.74) is 4.92.